The summed E-state index contributed by atoms with van der Waals surface area (Å²) in [6, 6.07) is 17.9. The lowest BCUT2D eigenvalue weighted by molar-refractivity contribution is 0.414. The third kappa shape index (κ3) is 3.64. The van der Waals surface area contributed by atoms with Gasteiger partial charge in [0, 0.05) is 23.5 Å². The highest BCUT2D eigenvalue weighted by atomic mass is 32.2. The molecule has 0 N–H and O–H groups in total. The molecule has 4 nitrogen and oxygen atoms in total. The molecule has 1 unspecified atom stereocenters. The van der Waals surface area contributed by atoms with Gasteiger partial charge in [-0.05, 0) is 24.6 Å². The van der Waals surface area contributed by atoms with E-state index in [9.17, 15) is 4.79 Å². The maximum atomic E-state index is 13.2. The average Bonchev–Trinajstić information content (AvgIpc) is 3.18. The maximum Gasteiger partial charge on any atom is 0.272 e. The molecule has 1 aliphatic rings. The largest absolute Gasteiger partial charge is 0.497 e. The topological polar surface area (TPSA) is 44.1 Å². The summed E-state index contributed by atoms with van der Waals surface area (Å²) in [6.07, 6.45) is 0.849. The predicted octanol–water partition coefficient (Wildman–Crippen LogP) is 4.74. The van der Waals surface area contributed by atoms with E-state index in [4.69, 9.17) is 9.72 Å². The van der Waals surface area contributed by atoms with Gasteiger partial charge in [-0.1, -0.05) is 48.2 Å². The molecule has 2 aromatic carbocycles. The van der Waals surface area contributed by atoms with Gasteiger partial charge in [-0.2, -0.15) is 0 Å². The quantitative estimate of drug-likeness (QED) is 0.460. The first-order valence-electron chi connectivity index (χ1n) is 8.82. The molecule has 3 aromatic rings. The van der Waals surface area contributed by atoms with E-state index < -0.39 is 0 Å². The molecule has 0 amide bonds. The molecular formula is C21H20N2O2S2. The summed E-state index contributed by atoms with van der Waals surface area (Å²) in [5.41, 5.74) is 2.93. The van der Waals surface area contributed by atoms with Gasteiger partial charge in [-0.25, -0.2) is 4.98 Å². The summed E-state index contributed by atoms with van der Waals surface area (Å²) in [5, 5.41) is 0.910. The second-order valence-corrected chi connectivity index (χ2v) is 8.69. The van der Waals surface area contributed by atoms with Crippen molar-refractivity contribution in [3.63, 3.8) is 0 Å². The van der Waals surface area contributed by atoms with Crippen LogP contribution in [-0.2, 0) is 6.42 Å². The van der Waals surface area contributed by atoms with Crippen LogP contribution in [0.5, 0.6) is 5.75 Å². The number of thioether (sulfide) groups is 2. The van der Waals surface area contributed by atoms with Gasteiger partial charge in [-0.3, -0.25) is 9.36 Å². The smallest absolute Gasteiger partial charge is 0.272 e. The molecule has 27 heavy (non-hydrogen) atoms. The van der Waals surface area contributed by atoms with Crippen LogP contribution in [-0.4, -0.2) is 22.4 Å². The van der Waals surface area contributed by atoms with Crippen LogP contribution in [0.3, 0.4) is 0 Å². The molecule has 138 valence electrons. The van der Waals surface area contributed by atoms with Crippen molar-refractivity contribution in [3.8, 4) is 11.4 Å². The van der Waals surface area contributed by atoms with Gasteiger partial charge in [0.25, 0.3) is 5.56 Å². The fourth-order valence-electron chi connectivity index (χ4n) is 3.10. The Kier molecular flexibility index (Phi) is 5.27. The van der Waals surface area contributed by atoms with Crippen LogP contribution < -0.4 is 10.3 Å². The molecule has 1 aromatic heterocycles. The first-order valence-corrected chi connectivity index (χ1v) is 10.7. The van der Waals surface area contributed by atoms with Crippen molar-refractivity contribution in [1.29, 1.82) is 0 Å². The van der Waals surface area contributed by atoms with Crippen molar-refractivity contribution in [1.82, 2.24) is 9.55 Å². The van der Waals surface area contributed by atoms with Gasteiger partial charge in [0.1, 0.15) is 5.75 Å². The van der Waals surface area contributed by atoms with E-state index in [1.165, 1.54) is 5.56 Å². The number of methoxy groups -OCH3 is 1. The van der Waals surface area contributed by atoms with E-state index >= 15 is 0 Å². The van der Waals surface area contributed by atoms with Gasteiger partial charge >= 0.3 is 0 Å². The van der Waals surface area contributed by atoms with Crippen molar-refractivity contribution >= 4 is 23.5 Å². The minimum Gasteiger partial charge on any atom is -0.497 e. The predicted molar refractivity (Wildman–Crippen MR) is 112 cm³/mol. The van der Waals surface area contributed by atoms with Crippen LogP contribution in [0.2, 0.25) is 0 Å². The number of hydrogen-bond acceptors (Lipinski definition) is 5. The summed E-state index contributed by atoms with van der Waals surface area (Å²) in [5.74, 6) is 1.64. The number of aromatic nitrogens is 2. The van der Waals surface area contributed by atoms with Crippen molar-refractivity contribution in [2.45, 2.75) is 28.6 Å². The van der Waals surface area contributed by atoms with Gasteiger partial charge in [0.15, 0.2) is 5.16 Å². The Balaban J connectivity index is 1.82. The minimum absolute atomic E-state index is 0.0125. The third-order valence-electron chi connectivity index (χ3n) is 4.53. The number of fused-ring (bicyclic) bond motifs is 1. The monoisotopic (exact) mass is 396 g/mol. The van der Waals surface area contributed by atoms with Crippen LogP contribution in [0.1, 0.15) is 23.4 Å². The Morgan fingerprint density at radius 1 is 1.19 bits per heavy atom. The number of ether oxygens (including phenoxy) is 1. The molecule has 1 atom stereocenters. The van der Waals surface area contributed by atoms with E-state index in [1.54, 1.807) is 35.2 Å². The highest BCUT2D eigenvalue weighted by molar-refractivity contribution is 7.99. The normalized spacial score (nSPS) is 14.0. The van der Waals surface area contributed by atoms with Crippen LogP contribution in [0.4, 0.5) is 0 Å². The molecule has 1 aliphatic heterocycles. The number of nitrogens with zero attached hydrogens (tertiary/aromatic N) is 2. The second-order valence-electron chi connectivity index (χ2n) is 6.28. The fraction of sp³-hybridized carbons (Fsp3) is 0.238. The summed E-state index contributed by atoms with van der Waals surface area (Å²) in [6.45, 7) is 2.14. The molecule has 0 aliphatic carbocycles. The Morgan fingerprint density at radius 3 is 2.78 bits per heavy atom. The number of benzene rings is 2. The highest BCUT2D eigenvalue weighted by Crippen LogP contribution is 2.36. The van der Waals surface area contributed by atoms with E-state index in [0.29, 0.717) is 0 Å². The highest BCUT2D eigenvalue weighted by Gasteiger charge is 2.24. The summed E-state index contributed by atoms with van der Waals surface area (Å²) >= 11 is 3.21. The number of rotatable bonds is 5. The molecule has 0 bridgehead atoms. The summed E-state index contributed by atoms with van der Waals surface area (Å²) < 4.78 is 7.08. The Bertz CT molecular complexity index is 1020. The first-order chi connectivity index (χ1) is 13.2. The van der Waals surface area contributed by atoms with Crippen molar-refractivity contribution in [2.24, 2.45) is 0 Å². The molecule has 0 saturated heterocycles. The molecular weight excluding hydrogens is 376 g/mol. The van der Waals surface area contributed by atoms with Gasteiger partial charge < -0.3 is 4.74 Å². The van der Waals surface area contributed by atoms with Crippen molar-refractivity contribution in [2.75, 3.05) is 12.9 Å². The molecule has 6 heteroatoms. The first kappa shape index (κ1) is 18.2. The third-order valence-corrected chi connectivity index (χ3v) is 6.75. The number of hydrogen-bond donors (Lipinski definition) is 0. The van der Waals surface area contributed by atoms with Crippen LogP contribution >= 0.6 is 23.5 Å². The Labute approximate surface area is 167 Å². The van der Waals surface area contributed by atoms with Gasteiger partial charge in [0.05, 0.1) is 23.4 Å². The fourth-order valence-corrected chi connectivity index (χ4v) is 5.19. The molecule has 4 rings (SSSR count). The Hall–Kier alpha value is -2.18. The van der Waals surface area contributed by atoms with E-state index in [2.05, 4.69) is 19.1 Å². The molecule has 0 saturated carbocycles. The van der Waals surface area contributed by atoms with Gasteiger partial charge in [-0.15, -0.1) is 11.8 Å². The molecule has 0 radical (unpaired) electrons. The van der Waals surface area contributed by atoms with E-state index in [-0.39, 0.29) is 10.8 Å². The lowest BCUT2D eigenvalue weighted by Crippen LogP contribution is -2.24. The average molecular weight is 397 g/mol. The second kappa shape index (κ2) is 7.82. The van der Waals surface area contributed by atoms with Crippen LogP contribution in [0.15, 0.2) is 69.4 Å². The Morgan fingerprint density at radius 2 is 2.00 bits per heavy atom. The molecule has 2 heterocycles. The zero-order valence-corrected chi connectivity index (χ0v) is 16.8. The SMILES string of the molecule is COc1cccc(-n2c(SC(C)c3ccccc3)nc3c(c2=O)SCC3)c1. The molecule has 0 spiro atoms. The lowest BCUT2D eigenvalue weighted by Gasteiger charge is -2.17. The standard InChI is InChI=1S/C21H20N2O2S2/c1-14(15-7-4-3-5-8-15)27-21-22-18-11-12-26-19(18)20(24)23(21)16-9-6-10-17(13-16)25-2/h3-10,13-14H,11-12H2,1-2H3. The number of aryl methyl sites for hydroxylation is 1. The van der Waals surface area contributed by atoms with Crippen LogP contribution in [0, 0.1) is 0 Å². The maximum absolute atomic E-state index is 13.2. The lowest BCUT2D eigenvalue weighted by atomic mass is 10.2. The zero-order chi connectivity index (χ0) is 18.8. The van der Waals surface area contributed by atoms with E-state index in [1.807, 2.05) is 42.5 Å². The van der Waals surface area contributed by atoms with Crippen molar-refractivity contribution < 1.29 is 4.74 Å². The van der Waals surface area contributed by atoms with E-state index in [0.717, 1.165) is 39.4 Å². The van der Waals surface area contributed by atoms with Crippen LogP contribution in [0.25, 0.3) is 5.69 Å². The zero-order valence-electron chi connectivity index (χ0n) is 15.2. The van der Waals surface area contributed by atoms with Crippen molar-refractivity contribution in [3.05, 3.63) is 76.2 Å². The van der Waals surface area contributed by atoms with Gasteiger partial charge in [0.2, 0.25) is 0 Å². The minimum atomic E-state index is 0.0125. The molecule has 0 fully saturated rings. The summed E-state index contributed by atoms with van der Waals surface area (Å²) in [7, 11) is 1.63. The summed E-state index contributed by atoms with van der Waals surface area (Å²) in [4.78, 5) is 18.9.